The molecule has 0 bridgehead atoms. The molecule has 0 fully saturated rings. The zero-order valence-corrected chi connectivity index (χ0v) is 11.7. The maximum Gasteiger partial charge on any atom is 0.337 e. The molecule has 0 saturated heterocycles. The van der Waals surface area contributed by atoms with E-state index < -0.39 is 5.97 Å². The van der Waals surface area contributed by atoms with Crippen LogP contribution in [0.4, 0.5) is 0 Å². The van der Waals surface area contributed by atoms with Crippen molar-refractivity contribution in [2.75, 3.05) is 0 Å². The normalized spacial score (nSPS) is 10.6. The molecule has 2 rings (SSSR count). The molecule has 1 heterocycles. The number of halogens is 1. The summed E-state index contributed by atoms with van der Waals surface area (Å²) in [5.41, 5.74) is 2.43. The van der Waals surface area contributed by atoms with Crippen molar-refractivity contribution in [2.45, 2.75) is 20.3 Å². The predicted molar refractivity (Wildman–Crippen MR) is 75.0 cm³/mol. The van der Waals surface area contributed by atoms with Crippen LogP contribution in [0.15, 0.2) is 24.3 Å². The summed E-state index contributed by atoms with van der Waals surface area (Å²) in [5, 5.41) is 9.96. The molecule has 0 spiro atoms. The third kappa shape index (κ3) is 2.57. The van der Waals surface area contributed by atoms with Gasteiger partial charge in [-0.2, -0.15) is 0 Å². The van der Waals surface area contributed by atoms with Crippen LogP contribution in [0.5, 0.6) is 0 Å². The molecule has 0 aliphatic carbocycles. The minimum absolute atomic E-state index is 0.451. The number of aromatic carboxylic acids is 1. The van der Waals surface area contributed by atoms with Gasteiger partial charge < -0.3 is 5.11 Å². The second-order valence-corrected chi connectivity index (χ2v) is 6.04. The zero-order chi connectivity index (χ0) is 13.3. The maximum absolute atomic E-state index is 11.3. The van der Waals surface area contributed by atoms with Gasteiger partial charge in [0.2, 0.25) is 0 Å². The Labute approximate surface area is 115 Å². The van der Waals surface area contributed by atoms with E-state index in [4.69, 9.17) is 11.6 Å². The fourth-order valence-corrected chi connectivity index (χ4v) is 3.22. The van der Waals surface area contributed by atoms with Crippen LogP contribution in [0.3, 0.4) is 0 Å². The van der Waals surface area contributed by atoms with Crippen LogP contribution in [-0.4, -0.2) is 11.1 Å². The molecule has 2 nitrogen and oxygen atoms in total. The van der Waals surface area contributed by atoms with Crippen LogP contribution in [0, 0.1) is 13.8 Å². The number of carboxylic acid groups (broad SMARTS) is 1. The first-order chi connectivity index (χ1) is 8.49. The van der Waals surface area contributed by atoms with Crippen molar-refractivity contribution < 1.29 is 9.90 Å². The van der Waals surface area contributed by atoms with E-state index in [1.165, 1.54) is 11.3 Å². The minimum Gasteiger partial charge on any atom is -0.478 e. The molecule has 0 saturated carbocycles. The van der Waals surface area contributed by atoms with Gasteiger partial charge in [0.25, 0.3) is 0 Å². The van der Waals surface area contributed by atoms with Gasteiger partial charge in [0.05, 0.1) is 5.56 Å². The third-order valence-electron chi connectivity index (χ3n) is 2.89. The highest BCUT2D eigenvalue weighted by Gasteiger charge is 2.18. The first-order valence-corrected chi connectivity index (χ1v) is 6.75. The summed E-state index contributed by atoms with van der Waals surface area (Å²) < 4.78 is 0. The van der Waals surface area contributed by atoms with Gasteiger partial charge in [0.15, 0.2) is 0 Å². The first kappa shape index (κ1) is 13.1. The largest absolute Gasteiger partial charge is 0.478 e. The molecule has 1 aromatic carbocycles. The second kappa shape index (κ2) is 5.12. The summed E-state index contributed by atoms with van der Waals surface area (Å²) in [5.74, 6) is -0.846. The molecule has 1 aromatic heterocycles. The Morgan fingerprint density at radius 1 is 1.22 bits per heavy atom. The zero-order valence-electron chi connectivity index (χ0n) is 10.2. The molecule has 94 valence electrons. The minimum atomic E-state index is -0.846. The van der Waals surface area contributed by atoms with Gasteiger partial charge >= 0.3 is 5.97 Å². The maximum atomic E-state index is 11.3. The molecular weight excluding hydrogens is 268 g/mol. The van der Waals surface area contributed by atoms with Crippen molar-refractivity contribution >= 4 is 28.9 Å². The number of carboxylic acids is 1. The Bertz CT molecular complexity index is 585. The highest BCUT2D eigenvalue weighted by molar-refractivity contribution is 7.12. The van der Waals surface area contributed by atoms with Crippen molar-refractivity contribution in [1.82, 2.24) is 0 Å². The lowest BCUT2D eigenvalue weighted by molar-refractivity contribution is 0.0695. The summed E-state index contributed by atoms with van der Waals surface area (Å²) in [6, 6.07) is 7.51. The van der Waals surface area contributed by atoms with E-state index in [2.05, 4.69) is 0 Å². The van der Waals surface area contributed by atoms with Gasteiger partial charge in [0.1, 0.15) is 0 Å². The molecule has 0 aliphatic heterocycles. The van der Waals surface area contributed by atoms with E-state index in [-0.39, 0.29) is 0 Å². The van der Waals surface area contributed by atoms with Gasteiger partial charge in [0, 0.05) is 14.8 Å². The number of hydrogen-bond acceptors (Lipinski definition) is 2. The first-order valence-electron chi connectivity index (χ1n) is 5.55. The number of thiophene rings is 1. The molecule has 2 aromatic rings. The molecule has 0 amide bonds. The van der Waals surface area contributed by atoms with Gasteiger partial charge in [-0.15, -0.1) is 11.3 Å². The average Bonchev–Trinajstić information content (AvgIpc) is 2.57. The lowest BCUT2D eigenvalue weighted by atomic mass is 10.0. The molecular formula is C14H13ClO2S. The smallest absolute Gasteiger partial charge is 0.337 e. The average molecular weight is 281 g/mol. The Balaban J connectivity index is 2.39. The SMILES string of the molecule is Cc1sc(C)c(C(=O)O)c1Cc1ccc(Cl)cc1. The third-order valence-corrected chi connectivity index (χ3v) is 4.21. The fraction of sp³-hybridized carbons (Fsp3) is 0.214. The van der Waals surface area contributed by atoms with Crippen molar-refractivity contribution in [2.24, 2.45) is 0 Å². The summed E-state index contributed by atoms with van der Waals surface area (Å²) in [6.07, 6.45) is 0.634. The predicted octanol–water partition coefficient (Wildman–Crippen LogP) is 4.31. The highest BCUT2D eigenvalue weighted by atomic mass is 35.5. The van der Waals surface area contributed by atoms with Crippen molar-refractivity contribution in [3.8, 4) is 0 Å². The van der Waals surface area contributed by atoms with Gasteiger partial charge in [-0.05, 0) is 43.5 Å². The van der Waals surface area contributed by atoms with Crippen LogP contribution >= 0.6 is 22.9 Å². The lowest BCUT2D eigenvalue weighted by Crippen LogP contribution is -2.02. The Morgan fingerprint density at radius 3 is 2.39 bits per heavy atom. The lowest BCUT2D eigenvalue weighted by Gasteiger charge is -2.04. The van der Waals surface area contributed by atoms with Crippen LogP contribution in [0.25, 0.3) is 0 Å². The number of aryl methyl sites for hydroxylation is 2. The van der Waals surface area contributed by atoms with Crippen LogP contribution in [0.1, 0.15) is 31.2 Å². The number of rotatable bonds is 3. The molecule has 4 heteroatoms. The molecule has 1 N–H and O–H groups in total. The molecule has 0 aliphatic rings. The Morgan fingerprint density at radius 2 is 1.83 bits per heavy atom. The number of carbonyl (C=O) groups is 1. The van der Waals surface area contributed by atoms with Gasteiger partial charge in [-0.3, -0.25) is 0 Å². The summed E-state index contributed by atoms with van der Waals surface area (Å²) in [6.45, 7) is 3.82. The standard InChI is InChI=1S/C14H13ClO2S/c1-8-12(13(14(16)17)9(2)18-8)7-10-3-5-11(15)6-4-10/h3-6H,7H2,1-2H3,(H,16,17). The van der Waals surface area contributed by atoms with Crippen molar-refractivity contribution in [3.63, 3.8) is 0 Å². The quantitative estimate of drug-likeness (QED) is 0.910. The highest BCUT2D eigenvalue weighted by Crippen LogP contribution is 2.29. The monoisotopic (exact) mass is 280 g/mol. The van der Waals surface area contributed by atoms with E-state index in [0.29, 0.717) is 17.0 Å². The fourth-order valence-electron chi connectivity index (χ4n) is 2.03. The van der Waals surface area contributed by atoms with E-state index >= 15 is 0 Å². The Kier molecular flexibility index (Phi) is 3.73. The number of benzene rings is 1. The Hall–Kier alpha value is -1.32. The van der Waals surface area contributed by atoms with Crippen molar-refractivity contribution in [1.29, 1.82) is 0 Å². The van der Waals surface area contributed by atoms with Gasteiger partial charge in [-0.1, -0.05) is 23.7 Å². The van der Waals surface area contributed by atoms with Gasteiger partial charge in [-0.25, -0.2) is 4.79 Å². The molecule has 0 radical (unpaired) electrons. The summed E-state index contributed by atoms with van der Waals surface area (Å²) in [7, 11) is 0. The number of hydrogen-bond donors (Lipinski definition) is 1. The van der Waals surface area contributed by atoms with Crippen molar-refractivity contribution in [3.05, 3.63) is 55.7 Å². The molecule has 0 unspecified atom stereocenters. The van der Waals surface area contributed by atoms with Crippen LogP contribution < -0.4 is 0 Å². The van der Waals surface area contributed by atoms with E-state index in [1.807, 2.05) is 38.1 Å². The second-order valence-electron chi connectivity index (χ2n) is 4.18. The van der Waals surface area contributed by atoms with E-state index in [0.717, 1.165) is 20.9 Å². The summed E-state index contributed by atoms with van der Waals surface area (Å²) >= 11 is 7.38. The summed E-state index contributed by atoms with van der Waals surface area (Å²) in [4.78, 5) is 13.2. The van der Waals surface area contributed by atoms with E-state index in [9.17, 15) is 9.90 Å². The van der Waals surface area contributed by atoms with E-state index in [1.54, 1.807) is 0 Å². The topological polar surface area (TPSA) is 37.3 Å². The van der Waals surface area contributed by atoms with Crippen LogP contribution in [0.2, 0.25) is 5.02 Å². The van der Waals surface area contributed by atoms with Crippen LogP contribution in [-0.2, 0) is 6.42 Å². The molecule has 18 heavy (non-hydrogen) atoms. The molecule has 0 atom stereocenters.